The molecule has 0 aromatic heterocycles. The molecule has 1 heterocycles. The van der Waals surface area contributed by atoms with E-state index in [9.17, 15) is 5.26 Å². The van der Waals surface area contributed by atoms with Gasteiger partial charge in [0.1, 0.15) is 0 Å². The second kappa shape index (κ2) is 5.16. The average Bonchev–Trinajstić information content (AvgIpc) is 2.64. The molecule has 0 radical (unpaired) electrons. The Hall–Kier alpha value is -2.02. The molecular weight excluding hydrogens is 248 g/mol. The number of anilines is 1. The summed E-state index contributed by atoms with van der Waals surface area (Å²) in [6.45, 7) is 6.28. The lowest BCUT2D eigenvalue weighted by molar-refractivity contribution is 0.123. The summed E-state index contributed by atoms with van der Waals surface area (Å²) in [4.78, 5) is 2.05. The van der Waals surface area contributed by atoms with Crippen LogP contribution >= 0.6 is 0 Å². The molecule has 20 heavy (non-hydrogen) atoms. The lowest BCUT2D eigenvalue weighted by atomic mass is 9.96. The lowest BCUT2D eigenvalue weighted by Crippen LogP contribution is -2.38. The molecule has 0 N–H and O–H groups in total. The molecule has 2 rings (SSSR count). The maximum absolute atomic E-state index is 9.57. The number of hydrogen-bond acceptors (Lipinski definition) is 4. The molecule has 1 aromatic carbocycles. The number of hydrogen-bond donors (Lipinski definition) is 0. The SMILES string of the molecule is CC1=NN([C@@H](C#N)c2ccc(N(C)C)cc2)C(C)(C)C1. The summed E-state index contributed by atoms with van der Waals surface area (Å²) < 4.78 is 0. The molecule has 0 fully saturated rings. The summed E-state index contributed by atoms with van der Waals surface area (Å²) in [5, 5.41) is 16.1. The van der Waals surface area contributed by atoms with E-state index in [0.29, 0.717) is 0 Å². The normalized spacial score (nSPS) is 18.4. The van der Waals surface area contributed by atoms with Crippen molar-refractivity contribution in [2.45, 2.75) is 38.8 Å². The van der Waals surface area contributed by atoms with Gasteiger partial charge in [-0.3, -0.25) is 5.01 Å². The van der Waals surface area contributed by atoms with Crippen LogP contribution in [0.25, 0.3) is 0 Å². The second-order valence-corrected chi connectivity index (χ2v) is 6.19. The maximum atomic E-state index is 9.57. The molecule has 4 heteroatoms. The van der Waals surface area contributed by atoms with Crippen molar-refractivity contribution in [1.82, 2.24) is 5.01 Å². The Morgan fingerprint density at radius 1 is 1.30 bits per heavy atom. The molecule has 0 spiro atoms. The van der Waals surface area contributed by atoms with Gasteiger partial charge >= 0.3 is 0 Å². The van der Waals surface area contributed by atoms with Crippen LogP contribution in [0.3, 0.4) is 0 Å². The van der Waals surface area contributed by atoms with E-state index in [2.05, 4.69) is 25.0 Å². The zero-order chi connectivity index (χ0) is 14.9. The van der Waals surface area contributed by atoms with Gasteiger partial charge in [-0.1, -0.05) is 12.1 Å². The third-order valence-corrected chi connectivity index (χ3v) is 3.68. The van der Waals surface area contributed by atoms with Crippen molar-refractivity contribution < 1.29 is 0 Å². The Balaban J connectivity index is 2.32. The van der Waals surface area contributed by atoms with Crippen LogP contribution in [0.4, 0.5) is 5.69 Å². The summed E-state index contributed by atoms with van der Waals surface area (Å²) in [6.07, 6.45) is 0.904. The fourth-order valence-corrected chi connectivity index (χ4v) is 2.69. The van der Waals surface area contributed by atoms with E-state index in [1.165, 1.54) is 0 Å². The first-order valence-electron chi connectivity index (χ1n) is 6.85. The minimum Gasteiger partial charge on any atom is -0.378 e. The van der Waals surface area contributed by atoms with Gasteiger partial charge in [0.05, 0.1) is 11.6 Å². The highest BCUT2D eigenvalue weighted by Crippen LogP contribution is 2.35. The Morgan fingerprint density at radius 2 is 1.90 bits per heavy atom. The van der Waals surface area contributed by atoms with Crippen LogP contribution in [-0.4, -0.2) is 30.4 Å². The summed E-state index contributed by atoms with van der Waals surface area (Å²) in [5.41, 5.74) is 3.10. The molecule has 1 aliphatic heterocycles. The number of nitrogens with zero attached hydrogens (tertiary/aromatic N) is 4. The van der Waals surface area contributed by atoms with Crippen molar-refractivity contribution in [2.24, 2.45) is 5.10 Å². The topological polar surface area (TPSA) is 42.6 Å². The number of nitriles is 1. The van der Waals surface area contributed by atoms with Crippen molar-refractivity contribution in [3.63, 3.8) is 0 Å². The monoisotopic (exact) mass is 270 g/mol. The lowest BCUT2D eigenvalue weighted by Gasteiger charge is -2.34. The average molecular weight is 270 g/mol. The van der Waals surface area contributed by atoms with Crippen LogP contribution in [-0.2, 0) is 0 Å². The Labute approximate surface area is 121 Å². The smallest absolute Gasteiger partial charge is 0.159 e. The van der Waals surface area contributed by atoms with E-state index in [4.69, 9.17) is 0 Å². The van der Waals surface area contributed by atoms with Crippen molar-refractivity contribution >= 4 is 11.4 Å². The van der Waals surface area contributed by atoms with Crippen molar-refractivity contribution in [3.05, 3.63) is 29.8 Å². The van der Waals surface area contributed by atoms with Gasteiger partial charge in [0.25, 0.3) is 0 Å². The first-order valence-corrected chi connectivity index (χ1v) is 6.85. The van der Waals surface area contributed by atoms with Gasteiger partial charge in [-0.25, -0.2) is 0 Å². The maximum Gasteiger partial charge on any atom is 0.159 e. The first kappa shape index (κ1) is 14.4. The highest BCUT2D eigenvalue weighted by Gasteiger charge is 2.37. The predicted molar refractivity (Wildman–Crippen MR) is 82.8 cm³/mol. The fraction of sp³-hybridized carbons (Fsp3) is 0.500. The molecule has 0 aliphatic carbocycles. The van der Waals surface area contributed by atoms with Crippen LogP contribution in [0, 0.1) is 11.3 Å². The largest absolute Gasteiger partial charge is 0.378 e. The molecule has 0 saturated heterocycles. The molecule has 106 valence electrons. The second-order valence-electron chi connectivity index (χ2n) is 6.19. The van der Waals surface area contributed by atoms with Crippen molar-refractivity contribution in [3.8, 4) is 6.07 Å². The molecule has 1 atom stereocenters. The zero-order valence-electron chi connectivity index (χ0n) is 12.9. The molecule has 0 unspecified atom stereocenters. The molecule has 0 amide bonds. The van der Waals surface area contributed by atoms with Crippen molar-refractivity contribution in [1.29, 1.82) is 5.26 Å². The van der Waals surface area contributed by atoms with Gasteiger partial charge < -0.3 is 4.90 Å². The first-order chi connectivity index (χ1) is 9.35. The van der Waals surface area contributed by atoms with Crippen LogP contribution in [0.15, 0.2) is 29.4 Å². The standard InChI is InChI=1S/C16H22N4/c1-12-10-16(2,3)20(18-12)15(11-17)13-6-8-14(9-7-13)19(4)5/h6-9,15H,10H2,1-5H3/t15-/m0/s1. The van der Waals surface area contributed by atoms with Gasteiger partial charge in [0.15, 0.2) is 6.04 Å². The van der Waals surface area contributed by atoms with Gasteiger partial charge in [-0.2, -0.15) is 10.4 Å². The van der Waals surface area contributed by atoms with E-state index in [-0.39, 0.29) is 11.6 Å². The Morgan fingerprint density at radius 3 is 2.30 bits per heavy atom. The Kier molecular flexibility index (Phi) is 3.71. The third-order valence-electron chi connectivity index (χ3n) is 3.68. The van der Waals surface area contributed by atoms with Crippen molar-refractivity contribution in [2.75, 3.05) is 19.0 Å². The quantitative estimate of drug-likeness (QED) is 0.847. The van der Waals surface area contributed by atoms with E-state index in [1.54, 1.807) is 0 Å². The van der Waals surface area contributed by atoms with Crippen LogP contribution < -0.4 is 4.90 Å². The molecule has 0 saturated carbocycles. The minimum absolute atomic E-state index is 0.106. The molecular formula is C16H22N4. The number of hydrazone groups is 1. The van der Waals surface area contributed by atoms with E-state index in [0.717, 1.165) is 23.4 Å². The van der Waals surface area contributed by atoms with Gasteiger partial charge in [-0.05, 0) is 38.5 Å². The number of rotatable bonds is 3. The zero-order valence-corrected chi connectivity index (χ0v) is 12.9. The molecule has 4 nitrogen and oxygen atoms in total. The van der Waals surface area contributed by atoms with Crippen LogP contribution in [0.2, 0.25) is 0 Å². The fourth-order valence-electron chi connectivity index (χ4n) is 2.69. The highest BCUT2D eigenvalue weighted by atomic mass is 15.5. The molecule has 1 aliphatic rings. The predicted octanol–water partition coefficient (Wildman–Crippen LogP) is 3.18. The van der Waals surface area contributed by atoms with E-state index < -0.39 is 0 Å². The van der Waals surface area contributed by atoms with E-state index in [1.807, 2.05) is 55.2 Å². The van der Waals surface area contributed by atoms with Crippen LogP contribution in [0.5, 0.6) is 0 Å². The van der Waals surface area contributed by atoms with Gasteiger partial charge in [0.2, 0.25) is 0 Å². The van der Waals surface area contributed by atoms with E-state index >= 15 is 0 Å². The summed E-state index contributed by atoms with van der Waals surface area (Å²) in [7, 11) is 4.02. The summed E-state index contributed by atoms with van der Waals surface area (Å²) in [6, 6.07) is 10.2. The van der Waals surface area contributed by atoms with Gasteiger partial charge in [-0.15, -0.1) is 0 Å². The minimum atomic E-state index is -0.335. The van der Waals surface area contributed by atoms with Crippen LogP contribution in [0.1, 0.15) is 38.8 Å². The van der Waals surface area contributed by atoms with Gasteiger partial charge in [0, 0.05) is 31.9 Å². The highest BCUT2D eigenvalue weighted by molar-refractivity contribution is 5.84. The summed E-state index contributed by atoms with van der Waals surface area (Å²) in [5.74, 6) is 0. The number of benzene rings is 1. The molecule has 0 bridgehead atoms. The summed E-state index contributed by atoms with van der Waals surface area (Å²) >= 11 is 0. The Bertz CT molecular complexity index is 549. The third kappa shape index (κ3) is 2.62. The molecule has 1 aromatic rings.